The molecule has 0 N–H and O–H groups in total. The Kier molecular flexibility index (Phi) is 10.8. The number of benzene rings is 13. The lowest BCUT2D eigenvalue weighted by molar-refractivity contribution is 1.30. The van der Waals surface area contributed by atoms with Gasteiger partial charge in [0.2, 0.25) is 0 Å². The highest BCUT2D eigenvalue weighted by Crippen LogP contribution is 2.50. The first-order valence-corrected chi connectivity index (χ1v) is 26.2. The molecule has 1 heterocycles. The van der Waals surface area contributed by atoms with Crippen molar-refractivity contribution in [3.05, 3.63) is 285 Å². The Morgan fingerprint density at radius 1 is 0.243 bits per heavy atom. The average molecular weight is 958 g/mol. The summed E-state index contributed by atoms with van der Waals surface area (Å²) in [6.07, 6.45) is 0. The van der Waals surface area contributed by atoms with Gasteiger partial charge in [0.15, 0.2) is 0 Å². The highest BCUT2D eigenvalue weighted by molar-refractivity contribution is 7.26. The van der Waals surface area contributed by atoms with E-state index in [0.29, 0.717) is 0 Å². The molecule has 346 valence electrons. The van der Waals surface area contributed by atoms with Crippen LogP contribution in [0.5, 0.6) is 0 Å². The Labute approximate surface area is 435 Å². The van der Waals surface area contributed by atoms with E-state index in [1.54, 1.807) is 0 Å². The van der Waals surface area contributed by atoms with Crippen LogP contribution in [0, 0.1) is 0 Å². The van der Waals surface area contributed by atoms with Crippen LogP contribution in [0.2, 0.25) is 0 Å². The Hall–Kier alpha value is -9.34. The molecule has 13 aromatic carbocycles. The van der Waals surface area contributed by atoms with Crippen molar-refractivity contribution in [1.29, 1.82) is 0 Å². The highest BCUT2D eigenvalue weighted by atomic mass is 32.1. The van der Waals surface area contributed by atoms with Gasteiger partial charge in [-0.15, -0.1) is 11.3 Å². The molecule has 0 atom stereocenters. The Morgan fingerprint density at radius 3 is 1.39 bits per heavy atom. The summed E-state index contributed by atoms with van der Waals surface area (Å²) in [4.78, 5) is 2.47. The topological polar surface area (TPSA) is 3.24 Å². The zero-order chi connectivity index (χ0) is 49.0. The quantitative estimate of drug-likeness (QED) is 0.139. The van der Waals surface area contributed by atoms with Crippen LogP contribution < -0.4 is 4.90 Å². The first kappa shape index (κ1) is 43.4. The molecular formula is C72H47NS. The van der Waals surface area contributed by atoms with Gasteiger partial charge in [-0.3, -0.25) is 0 Å². The molecule has 0 amide bonds. The van der Waals surface area contributed by atoms with Crippen LogP contribution in [0.3, 0.4) is 0 Å². The molecule has 0 spiro atoms. The SMILES string of the molecule is c1cc(-c2ccc(N(c3ccc(-c4ccccc4-c4ccccc4-c4ccc5ccccc5c4)cc3)c3ccc(-c4cccc5ccccc45)c4sc5ccccc5c34)cc2)cc(-c2ccc3ccccc3c2)c1. The fraction of sp³-hybridized carbons (Fsp3) is 0. The number of hydrogen-bond acceptors (Lipinski definition) is 2. The van der Waals surface area contributed by atoms with Crippen LogP contribution in [0.1, 0.15) is 0 Å². The maximum Gasteiger partial charge on any atom is 0.0555 e. The summed E-state index contributed by atoms with van der Waals surface area (Å²) >= 11 is 1.89. The van der Waals surface area contributed by atoms with Crippen LogP contribution in [-0.2, 0) is 0 Å². The number of hydrogen-bond donors (Lipinski definition) is 0. The van der Waals surface area contributed by atoms with Gasteiger partial charge in [-0.1, -0.05) is 231 Å². The standard InChI is InChI=1S/C72H47NS/c1-3-18-53-46-57(33-31-48(53)15-1)56-22-13-21-55(45-56)50-35-39-59(40-36-50)73(69-44-43-67(66-29-14-20-51-17-5-6-23-61(51)66)72-71(69)68-28-11-12-30-70(68)74-72)60-41-37-52(38-42-60)62-24-7-9-26-64(62)65-27-10-8-25-63(65)58-34-32-49-16-2-4-19-54(49)47-58/h1-47H. The number of fused-ring (bicyclic) bond motifs is 6. The second kappa shape index (κ2) is 18.4. The molecule has 2 heteroatoms. The third kappa shape index (κ3) is 7.72. The lowest BCUT2D eigenvalue weighted by Crippen LogP contribution is -2.10. The molecule has 0 aliphatic carbocycles. The number of thiophene rings is 1. The lowest BCUT2D eigenvalue weighted by atomic mass is 9.89. The first-order chi connectivity index (χ1) is 36.7. The van der Waals surface area contributed by atoms with Crippen molar-refractivity contribution in [2.75, 3.05) is 4.90 Å². The largest absolute Gasteiger partial charge is 0.310 e. The van der Waals surface area contributed by atoms with E-state index < -0.39 is 0 Å². The van der Waals surface area contributed by atoms with Gasteiger partial charge < -0.3 is 4.90 Å². The van der Waals surface area contributed by atoms with Gasteiger partial charge in [0.1, 0.15) is 0 Å². The summed E-state index contributed by atoms with van der Waals surface area (Å²) < 4.78 is 2.55. The molecule has 1 nitrogen and oxygen atoms in total. The van der Waals surface area contributed by atoms with E-state index >= 15 is 0 Å². The number of rotatable bonds is 9. The van der Waals surface area contributed by atoms with Crippen LogP contribution in [0.15, 0.2) is 285 Å². The second-order valence-electron chi connectivity index (χ2n) is 19.2. The summed E-state index contributed by atoms with van der Waals surface area (Å²) in [6, 6.07) is 105. The lowest BCUT2D eigenvalue weighted by Gasteiger charge is -2.27. The predicted molar refractivity (Wildman–Crippen MR) is 319 cm³/mol. The molecule has 0 aliphatic rings. The third-order valence-corrected chi connectivity index (χ3v) is 16.1. The van der Waals surface area contributed by atoms with E-state index in [2.05, 4.69) is 290 Å². The van der Waals surface area contributed by atoms with Gasteiger partial charge in [-0.2, -0.15) is 0 Å². The van der Waals surface area contributed by atoms with Gasteiger partial charge >= 0.3 is 0 Å². The van der Waals surface area contributed by atoms with Gasteiger partial charge in [-0.25, -0.2) is 0 Å². The molecule has 14 aromatic rings. The third-order valence-electron chi connectivity index (χ3n) is 14.9. The molecule has 0 radical (unpaired) electrons. The number of anilines is 3. The number of nitrogens with zero attached hydrogens (tertiary/aromatic N) is 1. The van der Waals surface area contributed by atoms with Gasteiger partial charge in [-0.05, 0) is 148 Å². The molecule has 0 aliphatic heterocycles. The van der Waals surface area contributed by atoms with Gasteiger partial charge in [0.25, 0.3) is 0 Å². The molecule has 0 fully saturated rings. The predicted octanol–water partition coefficient (Wildman–Crippen LogP) is 21.0. The fourth-order valence-corrected chi connectivity index (χ4v) is 12.5. The minimum atomic E-state index is 1.09. The summed E-state index contributed by atoms with van der Waals surface area (Å²) in [5, 5.41) is 10.00. The molecule has 0 bridgehead atoms. The second-order valence-corrected chi connectivity index (χ2v) is 20.2. The molecule has 14 rings (SSSR count). The smallest absolute Gasteiger partial charge is 0.0555 e. The van der Waals surface area contributed by atoms with E-state index in [1.807, 2.05) is 11.3 Å². The Balaban J connectivity index is 0.904. The van der Waals surface area contributed by atoms with E-state index in [0.717, 1.165) is 22.6 Å². The molecular weight excluding hydrogens is 911 g/mol. The van der Waals surface area contributed by atoms with Crippen LogP contribution in [0.4, 0.5) is 17.1 Å². The maximum absolute atomic E-state index is 2.47. The van der Waals surface area contributed by atoms with E-state index in [-0.39, 0.29) is 0 Å². The van der Waals surface area contributed by atoms with Crippen molar-refractivity contribution < 1.29 is 0 Å². The van der Waals surface area contributed by atoms with Crippen LogP contribution in [-0.4, -0.2) is 0 Å². The van der Waals surface area contributed by atoms with Crippen molar-refractivity contribution in [2.24, 2.45) is 0 Å². The zero-order valence-corrected chi connectivity index (χ0v) is 41.3. The van der Waals surface area contributed by atoms with E-state index in [4.69, 9.17) is 0 Å². The van der Waals surface area contributed by atoms with Crippen molar-refractivity contribution in [3.8, 4) is 66.8 Å². The van der Waals surface area contributed by atoms with Gasteiger partial charge in [0.05, 0.1) is 5.69 Å². The van der Waals surface area contributed by atoms with Crippen LogP contribution in [0.25, 0.3) is 119 Å². The molecule has 74 heavy (non-hydrogen) atoms. The summed E-state index contributed by atoms with van der Waals surface area (Å²) in [5.74, 6) is 0. The minimum absolute atomic E-state index is 1.09. The van der Waals surface area contributed by atoms with E-state index in [1.165, 1.54) is 114 Å². The van der Waals surface area contributed by atoms with Crippen molar-refractivity contribution in [2.45, 2.75) is 0 Å². The zero-order valence-electron chi connectivity index (χ0n) is 40.5. The normalized spacial score (nSPS) is 11.5. The fourth-order valence-electron chi connectivity index (χ4n) is 11.2. The van der Waals surface area contributed by atoms with Crippen molar-refractivity contribution in [1.82, 2.24) is 0 Å². The van der Waals surface area contributed by atoms with Crippen molar-refractivity contribution >= 4 is 80.9 Å². The molecule has 0 unspecified atom stereocenters. The minimum Gasteiger partial charge on any atom is -0.310 e. The van der Waals surface area contributed by atoms with E-state index in [9.17, 15) is 0 Å². The van der Waals surface area contributed by atoms with Crippen LogP contribution >= 0.6 is 11.3 Å². The Morgan fingerprint density at radius 2 is 0.703 bits per heavy atom. The monoisotopic (exact) mass is 957 g/mol. The first-order valence-electron chi connectivity index (χ1n) is 25.4. The summed E-state index contributed by atoms with van der Waals surface area (Å²) in [5.41, 5.74) is 17.8. The summed E-state index contributed by atoms with van der Waals surface area (Å²) in [6.45, 7) is 0. The van der Waals surface area contributed by atoms with Crippen molar-refractivity contribution in [3.63, 3.8) is 0 Å². The van der Waals surface area contributed by atoms with Gasteiger partial charge in [0, 0.05) is 37.1 Å². The maximum atomic E-state index is 2.47. The summed E-state index contributed by atoms with van der Waals surface area (Å²) in [7, 11) is 0. The highest BCUT2D eigenvalue weighted by Gasteiger charge is 2.23. The Bertz CT molecular complexity index is 4420. The average Bonchev–Trinajstić information content (AvgIpc) is 3.88. The molecule has 0 saturated heterocycles. The molecule has 1 aromatic heterocycles. The molecule has 0 saturated carbocycles.